The summed E-state index contributed by atoms with van der Waals surface area (Å²) in [5.74, 6) is -0.204. The molecule has 29 heavy (non-hydrogen) atoms. The molecule has 0 saturated carbocycles. The van der Waals surface area contributed by atoms with Crippen molar-refractivity contribution in [3.63, 3.8) is 0 Å². The summed E-state index contributed by atoms with van der Waals surface area (Å²) in [7, 11) is 1.58. The van der Waals surface area contributed by atoms with E-state index in [1.165, 1.54) is 4.88 Å². The first-order chi connectivity index (χ1) is 13.9. The predicted molar refractivity (Wildman–Crippen MR) is 114 cm³/mol. The lowest BCUT2D eigenvalue weighted by Crippen LogP contribution is -2.30. The maximum Gasteiger partial charge on any atom is 0.340 e. The van der Waals surface area contributed by atoms with Gasteiger partial charge >= 0.3 is 5.97 Å². The summed E-state index contributed by atoms with van der Waals surface area (Å²) < 4.78 is 12.6. The number of nitrogens with zero attached hydrogens (tertiary/aromatic N) is 1. The van der Waals surface area contributed by atoms with Crippen LogP contribution in [0.4, 0.5) is 5.69 Å². The second kappa shape index (κ2) is 8.96. The molecule has 1 aromatic carbocycles. The van der Waals surface area contributed by atoms with Gasteiger partial charge in [-0.1, -0.05) is 6.07 Å². The molecule has 0 radical (unpaired) electrons. The number of carbonyl (C=O) groups is 2. The third kappa shape index (κ3) is 4.86. The molecule has 0 unspecified atom stereocenters. The van der Waals surface area contributed by atoms with Crippen molar-refractivity contribution in [1.29, 1.82) is 0 Å². The van der Waals surface area contributed by atoms with Crippen molar-refractivity contribution in [3.05, 3.63) is 69.7 Å². The standard InChI is InChI=1S/C22H24N2O4S/c1-14-12-20(15(2)24(14)13-19-6-5-11-29-19)22(26)28-16(3)21(25)23-17-7-9-18(27-4)10-8-17/h5-12,16H,13H2,1-4H3,(H,23,25)/t16-/m0/s1. The van der Waals surface area contributed by atoms with Gasteiger partial charge in [-0.3, -0.25) is 4.79 Å². The molecule has 1 N–H and O–H groups in total. The van der Waals surface area contributed by atoms with Gasteiger partial charge in [-0.25, -0.2) is 4.79 Å². The van der Waals surface area contributed by atoms with Gasteiger partial charge in [-0.05, 0) is 62.5 Å². The fourth-order valence-corrected chi connectivity index (χ4v) is 3.70. The summed E-state index contributed by atoms with van der Waals surface area (Å²) in [6, 6.07) is 12.8. The number of hydrogen-bond acceptors (Lipinski definition) is 5. The van der Waals surface area contributed by atoms with Crippen molar-refractivity contribution in [2.45, 2.75) is 33.4 Å². The summed E-state index contributed by atoms with van der Waals surface area (Å²) in [4.78, 5) is 26.2. The summed E-state index contributed by atoms with van der Waals surface area (Å²) in [5, 5.41) is 4.76. The zero-order chi connectivity index (χ0) is 21.0. The molecule has 3 rings (SSSR count). The lowest BCUT2D eigenvalue weighted by molar-refractivity contribution is -0.123. The minimum Gasteiger partial charge on any atom is -0.497 e. The van der Waals surface area contributed by atoms with Crippen LogP contribution in [0.25, 0.3) is 0 Å². The van der Waals surface area contributed by atoms with E-state index in [1.807, 2.05) is 25.3 Å². The second-order valence-electron chi connectivity index (χ2n) is 6.72. The largest absolute Gasteiger partial charge is 0.497 e. The molecular weight excluding hydrogens is 388 g/mol. The number of aromatic nitrogens is 1. The number of ether oxygens (including phenoxy) is 2. The van der Waals surface area contributed by atoms with Gasteiger partial charge in [-0.15, -0.1) is 11.3 Å². The van der Waals surface area contributed by atoms with E-state index in [2.05, 4.69) is 16.0 Å². The van der Waals surface area contributed by atoms with Crippen molar-refractivity contribution >= 4 is 28.9 Å². The van der Waals surface area contributed by atoms with E-state index in [9.17, 15) is 9.59 Å². The van der Waals surface area contributed by atoms with Crippen LogP contribution in [0.3, 0.4) is 0 Å². The lowest BCUT2D eigenvalue weighted by Gasteiger charge is -2.14. The highest BCUT2D eigenvalue weighted by molar-refractivity contribution is 7.09. The molecule has 1 atom stereocenters. The van der Waals surface area contributed by atoms with Crippen molar-refractivity contribution in [2.24, 2.45) is 0 Å². The number of carbonyl (C=O) groups excluding carboxylic acids is 2. The molecule has 6 nitrogen and oxygen atoms in total. The fourth-order valence-electron chi connectivity index (χ4n) is 3.01. The van der Waals surface area contributed by atoms with Gasteiger partial charge in [0.25, 0.3) is 5.91 Å². The van der Waals surface area contributed by atoms with Crippen LogP contribution in [-0.2, 0) is 16.1 Å². The minimum atomic E-state index is -0.926. The Morgan fingerprint density at radius 1 is 1.17 bits per heavy atom. The second-order valence-corrected chi connectivity index (χ2v) is 7.75. The van der Waals surface area contributed by atoms with Crippen LogP contribution in [0.15, 0.2) is 47.8 Å². The Hall–Kier alpha value is -3.06. The van der Waals surface area contributed by atoms with E-state index in [0.717, 1.165) is 11.4 Å². The van der Waals surface area contributed by atoms with Crippen LogP contribution >= 0.6 is 11.3 Å². The molecule has 0 bridgehead atoms. The molecule has 3 aromatic rings. The van der Waals surface area contributed by atoms with Crippen LogP contribution in [0.5, 0.6) is 5.75 Å². The summed E-state index contributed by atoms with van der Waals surface area (Å²) in [6.45, 7) is 6.11. The van der Waals surface area contributed by atoms with E-state index in [1.54, 1.807) is 55.7 Å². The Morgan fingerprint density at radius 2 is 1.90 bits per heavy atom. The van der Waals surface area contributed by atoms with E-state index in [-0.39, 0.29) is 0 Å². The van der Waals surface area contributed by atoms with Crippen LogP contribution in [-0.4, -0.2) is 29.7 Å². The number of methoxy groups -OCH3 is 1. The first-order valence-electron chi connectivity index (χ1n) is 9.24. The SMILES string of the molecule is COc1ccc(NC(=O)[C@H](C)OC(=O)c2cc(C)n(Cc3cccs3)c2C)cc1. The summed E-state index contributed by atoms with van der Waals surface area (Å²) in [6.07, 6.45) is -0.926. The summed E-state index contributed by atoms with van der Waals surface area (Å²) in [5.41, 5.74) is 2.87. The molecule has 0 saturated heterocycles. The third-order valence-corrected chi connectivity index (χ3v) is 5.56. The molecule has 2 aromatic heterocycles. The van der Waals surface area contributed by atoms with Gasteiger partial charge in [0.05, 0.1) is 19.2 Å². The Kier molecular flexibility index (Phi) is 6.39. The minimum absolute atomic E-state index is 0.393. The van der Waals surface area contributed by atoms with Crippen LogP contribution in [0.1, 0.15) is 33.5 Å². The van der Waals surface area contributed by atoms with Gasteiger partial charge in [0.2, 0.25) is 0 Å². The Labute approximate surface area is 174 Å². The van der Waals surface area contributed by atoms with E-state index < -0.39 is 18.0 Å². The number of hydrogen-bond donors (Lipinski definition) is 1. The van der Waals surface area contributed by atoms with Gasteiger partial charge < -0.3 is 19.4 Å². The highest BCUT2D eigenvalue weighted by Crippen LogP contribution is 2.21. The topological polar surface area (TPSA) is 69.6 Å². The number of anilines is 1. The molecule has 0 fully saturated rings. The average Bonchev–Trinajstić information content (AvgIpc) is 3.32. The predicted octanol–water partition coefficient (Wildman–Crippen LogP) is 4.41. The maximum absolute atomic E-state index is 12.7. The quantitative estimate of drug-likeness (QED) is 0.584. The molecule has 0 aliphatic heterocycles. The van der Waals surface area contributed by atoms with Gasteiger partial charge in [-0.2, -0.15) is 0 Å². The number of rotatable bonds is 7. The Bertz CT molecular complexity index is 991. The van der Waals surface area contributed by atoms with Crippen LogP contribution in [0.2, 0.25) is 0 Å². The Balaban J connectivity index is 1.65. The normalized spacial score (nSPS) is 11.7. The molecule has 152 valence electrons. The summed E-state index contributed by atoms with van der Waals surface area (Å²) >= 11 is 1.67. The monoisotopic (exact) mass is 412 g/mol. The number of benzene rings is 1. The molecule has 0 aliphatic carbocycles. The first kappa shape index (κ1) is 20.7. The molecule has 7 heteroatoms. The highest BCUT2D eigenvalue weighted by atomic mass is 32.1. The van der Waals surface area contributed by atoms with E-state index in [0.29, 0.717) is 23.5 Å². The molecular formula is C22H24N2O4S. The Morgan fingerprint density at radius 3 is 2.52 bits per heavy atom. The van der Waals surface area contributed by atoms with Crippen LogP contribution < -0.4 is 10.1 Å². The smallest absolute Gasteiger partial charge is 0.340 e. The average molecular weight is 413 g/mol. The molecule has 1 amide bonds. The van der Waals surface area contributed by atoms with Gasteiger partial charge in [0.1, 0.15) is 5.75 Å². The number of amides is 1. The van der Waals surface area contributed by atoms with E-state index >= 15 is 0 Å². The number of aryl methyl sites for hydroxylation is 1. The van der Waals surface area contributed by atoms with Crippen molar-refractivity contribution in [1.82, 2.24) is 4.57 Å². The molecule has 0 aliphatic rings. The van der Waals surface area contributed by atoms with Gasteiger partial charge in [0, 0.05) is 22.0 Å². The maximum atomic E-state index is 12.7. The van der Waals surface area contributed by atoms with Crippen molar-refractivity contribution in [2.75, 3.05) is 12.4 Å². The molecule has 0 spiro atoms. The van der Waals surface area contributed by atoms with Crippen molar-refractivity contribution in [3.8, 4) is 5.75 Å². The van der Waals surface area contributed by atoms with Gasteiger partial charge in [0.15, 0.2) is 6.10 Å². The van der Waals surface area contributed by atoms with Crippen molar-refractivity contribution < 1.29 is 19.1 Å². The fraction of sp³-hybridized carbons (Fsp3) is 0.273. The highest BCUT2D eigenvalue weighted by Gasteiger charge is 2.23. The zero-order valence-electron chi connectivity index (χ0n) is 16.9. The third-order valence-electron chi connectivity index (χ3n) is 4.70. The molecule has 2 heterocycles. The number of nitrogens with one attached hydrogen (secondary N) is 1. The zero-order valence-corrected chi connectivity index (χ0v) is 17.7. The lowest BCUT2D eigenvalue weighted by atomic mass is 10.2. The van der Waals surface area contributed by atoms with Crippen LogP contribution in [0, 0.1) is 13.8 Å². The number of thiophene rings is 1. The first-order valence-corrected chi connectivity index (χ1v) is 10.1. The van der Waals surface area contributed by atoms with E-state index in [4.69, 9.17) is 9.47 Å². The number of esters is 1.